The number of nitrogens with one attached hydrogen (secondary N) is 1. The minimum Gasteiger partial charge on any atom is -0.452 e. The van der Waals surface area contributed by atoms with Crippen LogP contribution in [0.5, 0.6) is 0 Å². The van der Waals surface area contributed by atoms with Crippen LogP contribution in [0.25, 0.3) is 11.1 Å². The van der Waals surface area contributed by atoms with Crippen molar-refractivity contribution in [3.05, 3.63) is 88.0 Å². The molecular formula is C25H21NO4. The average molecular weight is 399 g/mol. The first kappa shape index (κ1) is 19.6. The number of hydrogen-bond acceptors (Lipinski definition) is 4. The zero-order valence-corrected chi connectivity index (χ0v) is 17.0. The van der Waals surface area contributed by atoms with Gasteiger partial charge in [0.25, 0.3) is 5.91 Å². The lowest BCUT2D eigenvalue weighted by molar-refractivity contribution is -0.119. The van der Waals surface area contributed by atoms with Crippen molar-refractivity contribution < 1.29 is 19.1 Å². The van der Waals surface area contributed by atoms with Crippen LogP contribution >= 0.6 is 0 Å². The standard InChI is InChI=1S/C25H21NO4/c1-14-11-15(2)23(16(3)12-14)26-21(27)13-30-25(29)20-10-6-9-19-22(20)17-7-4-5-8-18(17)24(19)28/h4-12H,13H2,1-3H3,(H,26,27). The van der Waals surface area contributed by atoms with E-state index in [0.29, 0.717) is 22.3 Å². The number of carbonyl (C=O) groups excluding carboxylic acids is 3. The van der Waals surface area contributed by atoms with E-state index in [2.05, 4.69) is 5.32 Å². The Labute approximate surface area is 174 Å². The molecule has 0 spiro atoms. The van der Waals surface area contributed by atoms with Crippen molar-refractivity contribution in [3.8, 4) is 11.1 Å². The van der Waals surface area contributed by atoms with Crippen LogP contribution in [0.4, 0.5) is 5.69 Å². The smallest absolute Gasteiger partial charge is 0.339 e. The van der Waals surface area contributed by atoms with Gasteiger partial charge in [-0.15, -0.1) is 0 Å². The van der Waals surface area contributed by atoms with Crippen molar-refractivity contribution in [2.45, 2.75) is 20.8 Å². The third kappa shape index (κ3) is 3.39. The lowest BCUT2D eigenvalue weighted by atomic mass is 9.99. The summed E-state index contributed by atoms with van der Waals surface area (Å²) >= 11 is 0. The molecule has 0 bridgehead atoms. The molecule has 150 valence electrons. The van der Waals surface area contributed by atoms with Gasteiger partial charge >= 0.3 is 5.97 Å². The minimum absolute atomic E-state index is 0.113. The monoisotopic (exact) mass is 399 g/mol. The van der Waals surface area contributed by atoms with E-state index in [-0.39, 0.29) is 11.3 Å². The van der Waals surface area contributed by atoms with Crippen LogP contribution in [0.2, 0.25) is 0 Å². The van der Waals surface area contributed by atoms with Crippen LogP contribution in [-0.4, -0.2) is 24.3 Å². The van der Waals surface area contributed by atoms with Gasteiger partial charge in [-0.1, -0.05) is 54.1 Å². The lowest BCUT2D eigenvalue weighted by Gasteiger charge is -2.13. The first-order chi connectivity index (χ1) is 14.4. The third-order valence-corrected chi connectivity index (χ3v) is 5.25. The number of carbonyl (C=O) groups is 3. The maximum atomic E-state index is 12.7. The maximum absolute atomic E-state index is 12.7. The molecule has 1 amide bonds. The number of aryl methyl sites for hydroxylation is 3. The fourth-order valence-electron chi connectivity index (χ4n) is 4.01. The van der Waals surface area contributed by atoms with E-state index in [0.717, 1.165) is 22.4 Å². The molecule has 0 heterocycles. The Hall–Kier alpha value is -3.73. The van der Waals surface area contributed by atoms with Crippen LogP contribution in [-0.2, 0) is 9.53 Å². The molecule has 0 radical (unpaired) electrons. The molecule has 0 aliphatic heterocycles. The van der Waals surface area contributed by atoms with Crippen molar-refractivity contribution in [2.24, 2.45) is 0 Å². The normalized spacial score (nSPS) is 11.6. The van der Waals surface area contributed by atoms with Gasteiger partial charge in [-0.25, -0.2) is 4.79 Å². The van der Waals surface area contributed by atoms with Crippen LogP contribution in [0, 0.1) is 20.8 Å². The highest BCUT2D eigenvalue weighted by Crippen LogP contribution is 2.39. The zero-order chi connectivity index (χ0) is 21.4. The number of hydrogen-bond donors (Lipinski definition) is 1. The van der Waals surface area contributed by atoms with E-state index in [4.69, 9.17) is 4.74 Å². The highest BCUT2D eigenvalue weighted by Gasteiger charge is 2.30. The summed E-state index contributed by atoms with van der Waals surface area (Å²) in [6.45, 7) is 5.42. The van der Waals surface area contributed by atoms with Crippen LogP contribution in [0.15, 0.2) is 54.6 Å². The molecule has 0 unspecified atom stereocenters. The first-order valence-electron chi connectivity index (χ1n) is 9.68. The number of fused-ring (bicyclic) bond motifs is 3. The van der Waals surface area contributed by atoms with Gasteiger partial charge in [0.1, 0.15) is 0 Å². The molecule has 5 nitrogen and oxygen atoms in total. The molecule has 0 aromatic heterocycles. The molecule has 30 heavy (non-hydrogen) atoms. The molecule has 1 aliphatic rings. The summed E-state index contributed by atoms with van der Waals surface area (Å²) < 4.78 is 5.28. The quantitative estimate of drug-likeness (QED) is 0.508. The van der Waals surface area contributed by atoms with Crippen molar-refractivity contribution >= 4 is 23.3 Å². The molecule has 0 saturated carbocycles. The maximum Gasteiger partial charge on any atom is 0.339 e. The van der Waals surface area contributed by atoms with Gasteiger partial charge < -0.3 is 10.1 Å². The van der Waals surface area contributed by atoms with Crippen molar-refractivity contribution in [1.29, 1.82) is 0 Å². The van der Waals surface area contributed by atoms with Crippen molar-refractivity contribution in [2.75, 3.05) is 11.9 Å². The number of esters is 1. The number of anilines is 1. The number of benzene rings is 3. The lowest BCUT2D eigenvalue weighted by Crippen LogP contribution is -2.22. The Morgan fingerprint density at radius 3 is 2.20 bits per heavy atom. The topological polar surface area (TPSA) is 72.5 Å². The zero-order valence-electron chi connectivity index (χ0n) is 17.0. The van der Waals surface area contributed by atoms with E-state index in [1.807, 2.05) is 45.0 Å². The summed E-state index contributed by atoms with van der Waals surface area (Å²) in [5.74, 6) is -1.16. The summed E-state index contributed by atoms with van der Waals surface area (Å²) in [6.07, 6.45) is 0. The second-order valence-corrected chi connectivity index (χ2v) is 7.50. The third-order valence-electron chi connectivity index (χ3n) is 5.25. The minimum atomic E-state index is -0.635. The van der Waals surface area contributed by atoms with Gasteiger partial charge in [0.15, 0.2) is 12.4 Å². The summed E-state index contributed by atoms with van der Waals surface area (Å²) in [7, 11) is 0. The van der Waals surface area contributed by atoms with Gasteiger partial charge in [0, 0.05) is 22.4 Å². The molecule has 4 rings (SSSR count). The van der Waals surface area contributed by atoms with Gasteiger partial charge in [-0.2, -0.15) is 0 Å². The Morgan fingerprint density at radius 2 is 1.50 bits per heavy atom. The highest BCUT2D eigenvalue weighted by atomic mass is 16.5. The Morgan fingerprint density at radius 1 is 0.867 bits per heavy atom. The van der Waals surface area contributed by atoms with Gasteiger partial charge in [-0.05, 0) is 43.5 Å². The summed E-state index contributed by atoms with van der Waals surface area (Å²) in [5.41, 5.74) is 6.32. The Balaban J connectivity index is 1.52. The summed E-state index contributed by atoms with van der Waals surface area (Å²) in [4.78, 5) is 37.7. The Kier molecular flexibility index (Phi) is 4.96. The van der Waals surface area contributed by atoms with Crippen LogP contribution < -0.4 is 5.32 Å². The number of rotatable bonds is 4. The molecule has 3 aromatic carbocycles. The number of ether oxygens (including phenoxy) is 1. The van der Waals surface area contributed by atoms with Gasteiger partial charge in [-0.3, -0.25) is 9.59 Å². The second kappa shape index (κ2) is 7.59. The van der Waals surface area contributed by atoms with E-state index < -0.39 is 18.5 Å². The molecule has 5 heteroatoms. The van der Waals surface area contributed by atoms with E-state index in [1.165, 1.54) is 0 Å². The van der Waals surface area contributed by atoms with E-state index in [9.17, 15) is 14.4 Å². The SMILES string of the molecule is Cc1cc(C)c(NC(=O)COC(=O)c2cccc3c2-c2ccccc2C3=O)c(C)c1. The molecule has 0 fully saturated rings. The number of amides is 1. The second-order valence-electron chi connectivity index (χ2n) is 7.50. The van der Waals surface area contributed by atoms with Crippen LogP contribution in [0.3, 0.4) is 0 Å². The van der Waals surface area contributed by atoms with E-state index in [1.54, 1.807) is 30.3 Å². The predicted molar refractivity (Wildman–Crippen MR) is 115 cm³/mol. The fraction of sp³-hybridized carbons (Fsp3) is 0.160. The summed E-state index contributed by atoms with van der Waals surface area (Å²) in [6, 6.07) is 16.1. The fourth-order valence-corrected chi connectivity index (χ4v) is 4.01. The molecule has 3 aromatic rings. The molecule has 1 aliphatic carbocycles. The predicted octanol–water partition coefficient (Wildman–Crippen LogP) is 4.62. The first-order valence-corrected chi connectivity index (χ1v) is 9.68. The molecule has 0 saturated heterocycles. The molecule has 1 N–H and O–H groups in total. The average Bonchev–Trinajstić information content (AvgIpc) is 3.02. The van der Waals surface area contributed by atoms with Crippen molar-refractivity contribution in [1.82, 2.24) is 0 Å². The van der Waals surface area contributed by atoms with Gasteiger partial charge in [0.05, 0.1) is 5.56 Å². The van der Waals surface area contributed by atoms with Gasteiger partial charge in [0.2, 0.25) is 0 Å². The number of ketones is 1. The van der Waals surface area contributed by atoms with Crippen molar-refractivity contribution in [3.63, 3.8) is 0 Å². The summed E-state index contributed by atoms with van der Waals surface area (Å²) in [5, 5.41) is 2.82. The molecular weight excluding hydrogens is 378 g/mol. The van der Waals surface area contributed by atoms with E-state index >= 15 is 0 Å². The molecule has 0 atom stereocenters. The van der Waals surface area contributed by atoms with Crippen LogP contribution in [0.1, 0.15) is 43.0 Å². The largest absolute Gasteiger partial charge is 0.452 e. The highest BCUT2D eigenvalue weighted by molar-refractivity contribution is 6.24. The Bertz CT molecular complexity index is 1190.